The molecule has 6 heteroatoms. The molecule has 0 aliphatic carbocycles. The maximum Gasteiger partial charge on any atom is 0.433 e. The third kappa shape index (κ3) is 10.6. The fourth-order valence-corrected chi connectivity index (χ4v) is 1.09. The van der Waals surface area contributed by atoms with Crippen molar-refractivity contribution in [1.29, 1.82) is 0 Å². The number of carboxylic acids is 1. The monoisotopic (exact) mass is 303 g/mol. The number of aliphatic imine (C=N–C) groups is 1. The molecule has 0 saturated carbocycles. The molecule has 0 heterocycles. The first-order valence-corrected chi connectivity index (χ1v) is 6.30. The van der Waals surface area contributed by atoms with Crippen molar-refractivity contribution in [2.45, 2.75) is 33.9 Å². The predicted octanol–water partition coefficient (Wildman–Crippen LogP) is 4.18. The molecule has 0 atom stereocenters. The van der Waals surface area contributed by atoms with E-state index in [9.17, 15) is 18.0 Å². The Bertz CT molecular complexity index is 468. The number of hydrogen-bond acceptors (Lipinski definition) is 2. The Kier molecular flexibility index (Phi) is 7.12. The molecule has 0 bridgehead atoms. The molecule has 1 aromatic carbocycles. The van der Waals surface area contributed by atoms with E-state index in [-0.39, 0.29) is 5.56 Å². The predicted molar refractivity (Wildman–Crippen MR) is 76.7 cm³/mol. The molecule has 0 aliphatic heterocycles. The second-order valence-electron chi connectivity index (χ2n) is 5.92. The number of carbonyl (C=O) groups is 1. The van der Waals surface area contributed by atoms with Crippen LogP contribution in [-0.2, 0) is 4.79 Å². The zero-order valence-electron chi connectivity index (χ0n) is 12.5. The summed E-state index contributed by atoms with van der Waals surface area (Å²) in [6, 6.07) is 6.88. The quantitative estimate of drug-likeness (QED) is 0.852. The Morgan fingerprint density at radius 2 is 1.52 bits per heavy atom. The van der Waals surface area contributed by atoms with Crippen LogP contribution in [0.5, 0.6) is 0 Å². The molecule has 0 aliphatic rings. The van der Waals surface area contributed by atoms with E-state index in [1.807, 2.05) is 0 Å². The maximum absolute atomic E-state index is 12.5. The van der Waals surface area contributed by atoms with E-state index in [1.165, 1.54) is 24.3 Å². The summed E-state index contributed by atoms with van der Waals surface area (Å²) in [6.45, 7) is 7.85. The van der Waals surface area contributed by atoms with E-state index >= 15 is 0 Å². The van der Waals surface area contributed by atoms with Gasteiger partial charge in [0.1, 0.15) is 12.3 Å². The lowest BCUT2D eigenvalue weighted by Gasteiger charge is -2.10. The molecule has 0 fully saturated rings. The van der Waals surface area contributed by atoms with Gasteiger partial charge in [-0.1, -0.05) is 58.0 Å². The van der Waals surface area contributed by atoms with Crippen LogP contribution in [0.1, 0.15) is 33.3 Å². The molecule has 0 saturated heterocycles. The van der Waals surface area contributed by atoms with E-state index < -0.39 is 24.4 Å². The lowest BCUT2D eigenvalue weighted by molar-refractivity contribution is -0.135. The molecule has 118 valence electrons. The van der Waals surface area contributed by atoms with Crippen LogP contribution in [0.15, 0.2) is 35.3 Å². The fourth-order valence-electron chi connectivity index (χ4n) is 1.09. The third-order valence-electron chi connectivity index (χ3n) is 1.69. The standard InChI is InChI=1S/C10H8F3NO2.C5H12/c11-10(12,13)9(14-6-8(15)16)7-4-2-1-3-5-7;1-5(2,3)4/h1-5H,6H2,(H,15,16);1-4H3. The summed E-state index contributed by atoms with van der Waals surface area (Å²) in [4.78, 5) is 13.2. The largest absolute Gasteiger partial charge is 0.480 e. The van der Waals surface area contributed by atoms with Crippen molar-refractivity contribution in [3.05, 3.63) is 35.9 Å². The number of aliphatic carboxylic acids is 1. The topological polar surface area (TPSA) is 49.7 Å². The summed E-state index contributed by atoms with van der Waals surface area (Å²) >= 11 is 0. The van der Waals surface area contributed by atoms with Crippen molar-refractivity contribution < 1.29 is 23.1 Å². The lowest BCUT2D eigenvalue weighted by atomic mass is 10.0. The van der Waals surface area contributed by atoms with Gasteiger partial charge in [-0.2, -0.15) is 13.2 Å². The molecular weight excluding hydrogens is 283 g/mol. The van der Waals surface area contributed by atoms with Gasteiger partial charge in [-0.15, -0.1) is 0 Å². The van der Waals surface area contributed by atoms with Crippen molar-refractivity contribution in [2.24, 2.45) is 10.4 Å². The molecule has 0 aromatic heterocycles. The van der Waals surface area contributed by atoms with Gasteiger partial charge in [-0.3, -0.25) is 9.79 Å². The van der Waals surface area contributed by atoms with Gasteiger partial charge in [0.15, 0.2) is 0 Å². The highest BCUT2D eigenvalue weighted by Gasteiger charge is 2.36. The van der Waals surface area contributed by atoms with Crippen LogP contribution in [0, 0.1) is 5.41 Å². The summed E-state index contributed by atoms with van der Waals surface area (Å²) in [5, 5.41) is 8.30. The molecule has 1 rings (SSSR count). The van der Waals surface area contributed by atoms with Crippen LogP contribution in [0.25, 0.3) is 0 Å². The van der Waals surface area contributed by atoms with Gasteiger partial charge in [0.05, 0.1) is 0 Å². The smallest absolute Gasteiger partial charge is 0.433 e. The van der Waals surface area contributed by atoms with Crippen LogP contribution < -0.4 is 0 Å². The van der Waals surface area contributed by atoms with Gasteiger partial charge < -0.3 is 5.11 Å². The van der Waals surface area contributed by atoms with Gasteiger partial charge >= 0.3 is 12.1 Å². The zero-order chi connectivity index (χ0) is 16.7. The van der Waals surface area contributed by atoms with Crippen molar-refractivity contribution in [1.82, 2.24) is 0 Å². The summed E-state index contributed by atoms with van der Waals surface area (Å²) < 4.78 is 37.6. The van der Waals surface area contributed by atoms with Crippen molar-refractivity contribution in [3.63, 3.8) is 0 Å². The molecule has 1 aromatic rings. The Balaban J connectivity index is 0.000000690. The average molecular weight is 303 g/mol. The van der Waals surface area contributed by atoms with E-state index in [0.717, 1.165) is 0 Å². The summed E-state index contributed by atoms with van der Waals surface area (Å²) in [7, 11) is 0. The number of carboxylic acid groups (broad SMARTS) is 1. The highest BCUT2D eigenvalue weighted by molar-refractivity contribution is 6.05. The highest BCUT2D eigenvalue weighted by atomic mass is 19.4. The molecule has 0 spiro atoms. The third-order valence-corrected chi connectivity index (χ3v) is 1.69. The Hall–Kier alpha value is -1.85. The van der Waals surface area contributed by atoms with E-state index in [0.29, 0.717) is 5.41 Å². The molecule has 21 heavy (non-hydrogen) atoms. The molecule has 1 N–H and O–H groups in total. The summed E-state index contributed by atoms with van der Waals surface area (Å²) in [5.41, 5.74) is -0.813. The van der Waals surface area contributed by atoms with Crippen molar-refractivity contribution in [2.75, 3.05) is 6.54 Å². The molecule has 3 nitrogen and oxygen atoms in total. The Labute approximate surface area is 122 Å². The number of nitrogens with zero attached hydrogens (tertiary/aromatic N) is 1. The average Bonchev–Trinajstić information content (AvgIpc) is 2.26. The van der Waals surface area contributed by atoms with Gasteiger partial charge in [0.2, 0.25) is 0 Å². The summed E-state index contributed by atoms with van der Waals surface area (Å²) in [5.74, 6) is -1.40. The number of hydrogen-bond donors (Lipinski definition) is 1. The first-order chi connectivity index (χ1) is 9.41. The lowest BCUT2D eigenvalue weighted by Crippen LogP contribution is -2.25. The first-order valence-electron chi connectivity index (χ1n) is 6.30. The van der Waals surface area contributed by atoms with Gasteiger partial charge in [0.25, 0.3) is 0 Å². The number of halogens is 3. The molecule has 0 amide bonds. The molecule has 0 unspecified atom stereocenters. The maximum atomic E-state index is 12.5. The van der Waals surface area contributed by atoms with Crippen LogP contribution in [-0.4, -0.2) is 29.5 Å². The van der Waals surface area contributed by atoms with Gasteiger partial charge in [-0.25, -0.2) is 0 Å². The van der Waals surface area contributed by atoms with Crippen LogP contribution >= 0.6 is 0 Å². The van der Waals surface area contributed by atoms with E-state index in [4.69, 9.17) is 5.11 Å². The minimum Gasteiger partial charge on any atom is -0.480 e. The molecular formula is C15H20F3NO2. The van der Waals surface area contributed by atoms with Gasteiger partial charge in [0, 0.05) is 5.56 Å². The Morgan fingerprint density at radius 3 is 1.86 bits per heavy atom. The Morgan fingerprint density at radius 1 is 1.10 bits per heavy atom. The second-order valence-corrected chi connectivity index (χ2v) is 5.92. The highest BCUT2D eigenvalue weighted by Crippen LogP contribution is 2.22. The number of alkyl halides is 3. The van der Waals surface area contributed by atoms with Crippen LogP contribution in [0.4, 0.5) is 13.2 Å². The minimum absolute atomic E-state index is 0.142. The molecule has 0 radical (unpaired) electrons. The van der Waals surface area contributed by atoms with Crippen molar-refractivity contribution in [3.8, 4) is 0 Å². The SMILES string of the molecule is CC(C)(C)C.O=C(O)CN=C(c1ccccc1)C(F)(F)F. The first kappa shape index (κ1) is 19.1. The minimum atomic E-state index is -4.66. The van der Waals surface area contributed by atoms with E-state index in [2.05, 4.69) is 32.7 Å². The normalized spacial score (nSPS) is 12.4. The number of benzene rings is 1. The second kappa shape index (κ2) is 7.81. The van der Waals surface area contributed by atoms with Gasteiger partial charge in [-0.05, 0) is 5.41 Å². The summed E-state index contributed by atoms with van der Waals surface area (Å²) in [6.07, 6.45) is -4.66. The van der Waals surface area contributed by atoms with Crippen LogP contribution in [0.2, 0.25) is 0 Å². The number of rotatable bonds is 3. The van der Waals surface area contributed by atoms with Crippen LogP contribution in [0.3, 0.4) is 0 Å². The fraction of sp³-hybridized carbons (Fsp3) is 0.467. The van der Waals surface area contributed by atoms with E-state index in [1.54, 1.807) is 6.07 Å². The zero-order valence-corrected chi connectivity index (χ0v) is 12.5. The van der Waals surface area contributed by atoms with Crippen molar-refractivity contribution >= 4 is 11.7 Å².